The highest BCUT2D eigenvalue weighted by atomic mass is 79.9. The van der Waals surface area contributed by atoms with E-state index in [1.54, 1.807) is 0 Å². The standard InChI is InChI=1S/C10H18Br4/c11-8-6-4-2-1-3-5-7-9(12)10(13)14/h9-10H,1-8H2. The molecule has 4 heteroatoms. The van der Waals surface area contributed by atoms with Crippen LogP contribution in [-0.2, 0) is 0 Å². The minimum atomic E-state index is 0.406. The number of rotatable bonds is 9. The number of hydrogen-bond acceptors (Lipinski definition) is 0. The summed E-state index contributed by atoms with van der Waals surface area (Å²) in [6.45, 7) is 0. The molecule has 0 aliphatic rings. The van der Waals surface area contributed by atoms with Crippen molar-refractivity contribution in [1.29, 1.82) is 0 Å². The van der Waals surface area contributed by atoms with E-state index in [2.05, 4.69) is 63.7 Å². The molecule has 0 aliphatic carbocycles. The molecule has 0 aromatic carbocycles. The van der Waals surface area contributed by atoms with Gasteiger partial charge in [-0.1, -0.05) is 95.8 Å². The van der Waals surface area contributed by atoms with Gasteiger partial charge in [-0.2, -0.15) is 0 Å². The number of halogens is 4. The SMILES string of the molecule is BrCCCCCCCCC(Br)C(Br)Br. The van der Waals surface area contributed by atoms with E-state index in [0.717, 1.165) is 5.33 Å². The number of alkyl halides is 4. The van der Waals surface area contributed by atoms with Crippen LogP contribution < -0.4 is 0 Å². The highest BCUT2D eigenvalue weighted by Crippen LogP contribution is 2.25. The molecule has 0 rings (SSSR count). The fourth-order valence-corrected chi connectivity index (χ4v) is 2.52. The van der Waals surface area contributed by atoms with Gasteiger partial charge >= 0.3 is 0 Å². The Hall–Kier alpha value is 1.92. The number of hydrogen-bond donors (Lipinski definition) is 0. The molecule has 0 nitrogen and oxygen atoms in total. The maximum Gasteiger partial charge on any atom is 0.0822 e. The lowest BCUT2D eigenvalue weighted by molar-refractivity contribution is 0.592. The van der Waals surface area contributed by atoms with E-state index in [0.29, 0.717) is 8.56 Å². The van der Waals surface area contributed by atoms with Gasteiger partial charge in [-0.3, -0.25) is 0 Å². The molecule has 0 fully saturated rings. The molecule has 0 spiro atoms. The first-order chi connectivity index (χ1) is 6.68. The van der Waals surface area contributed by atoms with Gasteiger partial charge in [-0.25, -0.2) is 0 Å². The van der Waals surface area contributed by atoms with Gasteiger partial charge < -0.3 is 0 Å². The Labute approximate surface area is 121 Å². The first-order valence-electron chi connectivity index (χ1n) is 5.16. The summed E-state index contributed by atoms with van der Waals surface area (Å²) in [7, 11) is 0. The van der Waals surface area contributed by atoms with E-state index in [4.69, 9.17) is 0 Å². The van der Waals surface area contributed by atoms with Crippen LogP contribution in [0.4, 0.5) is 0 Å². The third-order valence-corrected chi connectivity index (χ3v) is 6.38. The third kappa shape index (κ3) is 10.4. The van der Waals surface area contributed by atoms with E-state index in [9.17, 15) is 0 Å². The highest BCUT2D eigenvalue weighted by Gasteiger charge is 2.10. The molecule has 0 amide bonds. The van der Waals surface area contributed by atoms with Crippen LogP contribution >= 0.6 is 63.7 Å². The Morgan fingerprint density at radius 3 is 1.71 bits per heavy atom. The summed E-state index contributed by atoms with van der Waals surface area (Å²) in [5.41, 5.74) is 0. The molecule has 0 bridgehead atoms. The molecule has 0 heterocycles. The Morgan fingerprint density at radius 2 is 1.21 bits per heavy atom. The molecule has 1 unspecified atom stereocenters. The fourth-order valence-electron chi connectivity index (χ4n) is 1.27. The zero-order valence-corrected chi connectivity index (χ0v) is 14.7. The van der Waals surface area contributed by atoms with E-state index in [1.807, 2.05) is 0 Å². The average molecular weight is 458 g/mol. The smallest absolute Gasteiger partial charge is 0.0822 e. The summed E-state index contributed by atoms with van der Waals surface area (Å²) in [5.74, 6) is 0. The maximum absolute atomic E-state index is 3.64. The zero-order chi connectivity index (χ0) is 10.8. The van der Waals surface area contributed by atoms with E-state index in [1.165, 1.54) is 44.9 Å². The third-order valence-electron chi connectivity index (χ3n) is 2.14. The van der Waals surface area contributed by atoms with Crippen molar-refractivity contribution in [1.82, 2.24) is 0 Å². The fraction of sp³-hybridized carbons (Fsp3) is 1.00. The largest absolute Gasteiger partial charge is 0.0928 e. The topological polar surface area (TPSA) is 0 Å². The lowest BCUT2D eigenvalue weighted by Crippen LogP contribution is -2.05. The van der Waals surface area contributed by atoms with Gasteiger partial charge in [-0.05, 0) is 12.8 Å². The summed E-state index contributed by atoms with van der Waals surface area (Å²) in [5, 5.41) is 1.16. The minimum Gasteiger partial charge on any atom is -0.0928 e. The lowest BCUT2D eigenvalue weighted by atomic mass is 10.1. The maximum atomic E-state index is 3.64. The van der Waals surface area contributed by atoms with Crippen molar-refractivity contribution in [2.75, 3.05) is 5.33 Å². The predicted octanol–water partition coefficient (Wildman–Crippen LogP) is 5.99. The lowest BCUT2D eigenvalue weighted by Gasteiger charge is -2.10. The van der Waals surface area contributed by atoms with Gasteiger partial charge in [0, 0.05) is 10.2 Å². The van der Waals surface area contributed by atoms with E-state index >= 15 is 0 Å². The summed E-state index contributed by atoms with van der Waals surface area (Å²) in [6, 6.07) is 0. The van der Waals surface area contributed by atoms with Crippen molar-refractivity contribution in [3.63, 3.8) is 0 Å². The van der Waals surface area contributed by atoms with Crippen LogP contribution in [0, 0.1) is 0 Å². The molecule has 0 radical (unpaired) electrons. The molecule has 14 heavy (non-hydrogen) atoms. The van der Waals surface area contributed by atoms with Crippen molar-refractivity contribution in [2.24, 2.45) is 0 Å². The first-order valence-corrected chi connectivity index (χ1v) is 9.03. The Bertz CT molecular complexity index is 117. The van der Waals surface area contributed by atoms with Crippen LogP contribution in [0.5, 0.6) is 0 Å². The van der Waals surface area contributed by atoms with Crippen LogP contribution in [0.2, 0.25) is 0 Å². The summed E-state index contributed by atoms with van der Waals surface area (Å²) < 4.78 is 0.406. The van der Waals surface area contributed by atoms with Gasteiger partial charge in [-0.15, -0.1) is 0 Å². The van der Waals surface area contributed by atoms with Gasteiger partial charge in [0.1, 0.15) is 0 Å². The first kappa shape index (κ1) is 15.9. The molecule has 0 N–H and O–H groups in total. The second-order valence-corrected chi connectivity index (χ2v) is 8.62. The molecular formula is C10H18Br4. The minimum absolute atomic E-state index is 0.406. The van der Waals surface area contributed by atoms with Crippen molar-refractivity contribution in [3.05, 3.63) is 0 Å². The van der Waals surface area contributed by atoms with Crippen LogP contribution in [0.15, 0.2) is 0 Å². The van der Waals surface area contributed by atoms with Gasteiger partial charge in [0.05, 0.1) is 3.74 Å². The zero-order valence-electron chi connectivity index (χ0n) is 8.32. The van der Waals surface area contributed by atoms with Crippen LogP contribution in [0.25, 0.3) is 0 Å². The van der Waals surface area contributed by atoms with Gasteiger partial charge in [0.25, 0.3) is 0 Å². The van der Waals surface area contributed by atoms with Gasteiger partial charge in [0.2, 0.25) is 0 Å². The second-order valence-electron chi connectivity index (χ2n) is 3.45. The van der Waals surface area contributed by atoms with Crippen molar-refractivity contribution in [2.45, 2.75) is 53.5 Å². The number of unbranched alkanes of at least 4 members (excludes halogenated alkanes) is 5. The molecule has 0 saturated carbocycles. The van der Waals surface area contributed by atoms with Crippen LogP contribution in [-0.4, -0.2) is 13.9 Å². The van der Waals surface area contributed by atoms with Crippen LogP contribution in [0.1, 0.15) is 44.9 Å². The van der Waals surface area contributed by atoms with Crippen LogP contribution in [0.3, 0.4) is 0 Å². The Balaban J connectivity index is 3.06. The highest BCUT2D eigenvalue weighted by molar-refractivity contribution is 9.25. The van der Waals surface area contributed by atoms with Crippen molar-refractivity contribution >= 4 is 63.7 Å². The average Bonchev–Trinajstić information content (AvgIpc) is 2.16. The van der Waals surface area contributed by atoms with Crippen molar-refractivity contribution in [3.8, 4) is 0 Å². The second kappa shape index (κ2) is 11.4. The molecular weight excluding hydrogens is 440 g/mol. The molecule has 86 valence electrons. The van der Waals surface area contributed by atoms with E-state index in [-0.39, 0.29) is 0 Å². The summed E-state index contributed by atoms with van der Waals surface area (Å²) >= 11 is 14.1. The predicted molar refractivity (Wildman–Crippen MR) is 80.5 cm³/mol. The van der Waals surface area contributed by atoms with E-state index < -0.39 is 0 Å². The summed E-state index contributed by atoms with van der Waals surface area (Å²) in [6.07, 6.45) is 9.44. The molecule has 0 saturated heterocycles. The molecule has 0 aromatic heterocycles. The molecule has 1 atom stereocenters. The Kier molecular flexibility index (Phi) is 13.0. The molecule has 0 aromatic rings. The summed E-state index contributed by atoms with van der Waals surface area (Å²) in [4.78, 5) is 0.560. The quantitative estimate of drug-likeness (QED) is 0.294. The Morgan fingerprint density at radius 1 is 0.714 bits per heavy atom. The van der Waals surface area contributed by atoms with Crippen molar-refractivity contribution < 1.29 is 0 Å². The normalized spacial score (nSPS) is 13.5. The molecule has 0 aliphatic heterocycles. The monoisotopic (exact) mass is 454 g/mol. The van der Waals surface area contributed by atoms with Gasteiger partial charge in [0.15, 0.2) is 0 Å².